The lowest BCUT2D eigenvalue weighted by molar-refractivity contribution is -0.120. The van der Waals surface area contributed by atoms with Crippen LogP contribution in [0.3, 0.4) is 0 Å². The van der Waals surface area contributed by atoms with Crippen LogP contribution in [-0.4, -0.2) is 17.7 Å². The second kappa shape index (κ2) is 10.4. The lowest BCUT2D eigenvalue weighted by atomic mass is 10.1. The highest BCUT2D eigenvalue weighted by molar-refractivity contribution is 8.04. The lowest BCUT2D eigenvalue weighted by Gasteiger charge is -2.15. The van der Waals surface area contributed by atoms with Crippen molar-refractivity contribution in [2.75, 3.05) is 15.5 Å². The molecule has 3 amide bonds. The van der Waals surface area contributed by atoms with E-state index in [1.165, 1.54) is 16.7 Å². The average Bonchev–Trinajstić information content (AvgIpc) is 3.05. The van der Waals surface area contributed by atoms with E-state index in [4.69, 9.17) is 0 Å². The van der Waals surface area contributed by atoms with Gasteiger partial charge in [-0.2, -0.15) is 0 Å². The maximum Gasteiger partial charge on any atom is 0.283 e. The molecule has 0 atom stereocenters. The molecule has 0 bridgehead atoms. The van der Waals surface area contributed by atoms with Gasteiger partial charge in [-0.25, -0.2) is 4.90 Å². The van der Waals surface area contributed by atoms with Crippen molar-refractivity contribution >= 4 is 46.5 Å². The molecule has 3 aromatic carbocycles. The predicted octanol–water partition coefficient (Wildman–Crippen LogP) is 5.66. The highest BCUT2D eigenvalue weighted by atomic mass is 32.2. The topological polar surface area (TPSA) is 78.5 Å². The summed E-state index contributed by atoms with van der Waals surface area (Å²) in [5.41, 5.74) is 2.16. The number of thioether (sulfide) groups is 1. The number of amides is 3. The number of rotatable bonds is 8. The summed E-state index contributed by atoms with van der Waals surface area (Å²) in [5, 5.41) is 6.01. The Morgan fingerprint density at radius 1 is 0.824 bits per heavy atom. The second-order valence-electron chi connectivity index (χ2n) is 8.25. The van der Waals surface area contributed by atoms with Gasteiger partial charge in [-0.15, -0.1) is 0 Å². The van der Waals surface area contributed by atoms with Crippen LogP contribution in [0, 0.1) is 5.92 Å². The molecule has 0 saturated heterocycles. The molecule has 4 rings (SSSR count). The molecule has 0 fully saturated rings. The number of hydrogen-bond donors (Lipinski definition) is 2. The zero-order chi connectivity index (χ0) is 24.1. The zero-order valence-electron chi connectivity index (χ0n) is 18.9. The van der Waals surface area contributed by atoms with Gasteiger partial charge in [0.2, 0.25) is 5.91 Å². The van der Waals surface area contributed by atoms with E-state index in [9.17, 15) is 14.4 Å². The average molecular weight is 472 g/mol. The molecule has 0 unspecified atom stereocenters. The summed E-state index contributed by atoms with van der Waals surface area (Å²) in [6, 6.07) is 25.4. The summed E-state index contributed by atoms with van der Waals surface area (Å²) in [4.78, 5) is 41.0. The van der Waals surface area contributed by atoms with Crippen molar-refractivity contribution in [3.05, 3.63) is 95.5 Å². The fourth-order valence-corrected chi connectivity index (χ4v) is 4.43. The van der Waals surface area contributed by atoms with E-state index in [0.29, 0.717) is 22.7 Å². The Balaban J connectivity index is 1.60. The summed E-state index contributed by atoms with van der Waals surface area (Å²) < 4.78 is 0. The van der Waals surface area contributed by atoms with Gasteiger partial charge in [0.15, 0.2) is 0 Å². The van der Waals surface area contributed by atoms with Crippen LogP contribution >= 0.6 is 11.8 Å². The van der Waals surface area contributed by atoms with Gasteiger partial charge >= 0.3 is 0 Å². The minimum atomic E-state index is -0.403. The van der Waals surface area contributed by atoms with E-state index < -0.39 is 5.91 Å². The number of nitrogens with zero attached hydrogens (tertiary/aromatic N) is 1. The van der Waals surface area contributed by atoms with Crippen LogP contribution in [0.4, 0.5) is 17.1 Å². The van der Waals surface area contributed by atoms with Crippen molar-refractivity contribution in [1.82, 2.24) is 0 Å². The van der Waals surface area contributed by atoms with E-state index in [2.05, 4.69) is 10.6 Å². The molecular formula is C27H25N3O3S. The molecule has 3 aromatic rings. The van der Waals surface area contributed by atoms with Gasteiger partial charge in [0.05, 0.1) is 5.69 Å². The van der Waals surface area contributed by atoms with Crippen molar-refractivity contribution in [2.24, 2.45) is 5.92 Å². The van der Waals surface area contributed by atoms with Crippen LogP contribution in [0.25, 0.3) is 0 Å². The number of imide groups is 1. The maximum atomic E-state index is 13.4. The van der Waals surface area contributed by atoms with Crippen LogP contribution in [0.5, 0.6) is 0 Å². The molecule has 2 N–H and O–H groups in total. The smallest absolute Gasteiger partial charge is 0.283 e. The first-order valence-electron chi connectivity index (χ1n) is 11.0. The van der Waals surface area contributed by atoms with Gasteiger partial charge < -0.3 is 10.6 Å². The van der Waals surface area contributed by atoms with Gasteiger partial charge in [-0.1, -0.05) is 62.0 Å². The summed E-state index contributed by atoms with van der Waals surface area (Å²) in [6.07, 6.45) is 0.448. The standard InChI is InChI=1S/C27H25N3O3S/c1-18(2)17-23(31)28-20-13-15-22(16-14-20)34-25-24(29-19-9-5-3-6-10-19)26(32)30(27(25)33)21-11-7-4-8-12-21/h3-16,18,29H,17H2,1-2H3,(H,28,31). The van der Waals surface area contributed by atoms with E-state index >= 15 is 0 Å². The fraction of sp³-hybridized carbons (Fsp3) is 0.148. The Morgan fingerprint density at radius 2 is 1.44 bits per heavy atom. The highest BCUT2D eigenvalue weighted by Gasteiger charge is 2.40. The van der Waals surface area contributed by atoms with Crippen LogP contribution < -0.4 is 15.5 Å². The number of para-hydroxylation sites is 2. The number of carbonyl (C=O) groups is 3. The molecule has 0 saturated carbocycles. The van der Waals surface area contributed by atoms with E-state index in [-0.39, 0.29) is 23.4 Å². The van der Waals surface area contributed by atoms with E-state index in [0.717, 1.165) is 10.6 Å². The summed E-state index contributed by atoms with van der Waals surface area (Å²) in [5.74, 6) is -0.549. The molecular weight excluding hydrogens is 446 g/mol. The maximum absolute atomic E-state index is 13.4. The Hall–Kier alpha value is -3.84. The van der Waals surface area contributed by atoms with Crippen molar-refractivity contribution in [1.29, 1.82) is 0 Å². The number of hydrogen-bond acceptors (Lipinski definition) is 5. The minimum absolute atomic E-state index is 0.0393. The molecule has 0 spiro atoms. The van der Waals surface area contributed by atoms with Crippen LogP contribution in [0.1, 0.15) is 20.3 Å². The van der Waals surface area contributed by atoms with Crippen molar-refractivity contribution in [2.45, 2.75) is 25.2 Å². The zero-order valence-corrected chi connectivity index (χ0v) is 19.8. The van der Waals surface area contributed by atoms with Crippen molar-refractivity contribution in [3.8, 4) is 0 Å². The molecule has 1 aliphatic heterocycles. The molecule has 1 heterocycles. The third-order valence-corrected chi connectivity index (χ3v) is 6.14. The third kappa shape index (κ3) is 5.38. The lowest BCUT2D eigenvalue weighted by Crippen LogP contribution is -2.32. The molecule has 172 valence electrons. The Bertz CT molecular complexity index is 1220. The normalized spacial score (nSPS) is 13.6. The number of nitrogens with one attached hydrogen (secondary N) is 2. The van der Waals surface area contributed by atoms with E-state index in [1.807, 2.05) is 62.4 Å². The Kier molecular flexibility index (Phi) is 7.13. The molecule has 34 heavy (non-hydrogen) atoms. The molecule has 7 heteroatoms. The van der Waals surface area contributed by atoms with Crippen LogP contribution in [-0.2, 0) is 14.4 Å². The number of anilines is 3. The van der Waals surface area contributed by atoms with Gasteiger partial charge in [0.1, 0.15) is 10.6 Å². The first-order valence-corrected chi connectivity index (χ1v) is 11.8. The van der Waals surface area contributed by atoms with E-state index in [1.54, 1.807) is 36.4 Å². The number of carbonyl (C=O) groups excluding carboxylic acids is 3. The van der Waals surface area contributed by atoms with Gasteiger partial charge in [0, 0.05) is 22.7 Å². The molecule has 1 aliphatic rings. The molecule has 0 aliphatic carbocycles. The fourth-order valence-electron chi connectivity index (χ4n) is 3.50. The second-order valence-corrected chi connectivity index (χ2v) is 9.33. The summed E-state index contributed by atoms with van der Waals surface area (Å²) in [7, 11) is 0. The van der Waals surface area contributed by atoms with Gasteiger partial charge in [-0.3, -0.25) is 14.4 Å². The monoisotopic (exact) mass is 471 g/mol. The highest BCUT2D eigenvalue weighted by Crippen LogP contribution is 2.38. The minimum Gasteiger partial charge on any atom is -0.350 e. The van der Waals surface area contributed by atoms with Crippen LogP contribution in [0.2, 0.25) is 0 Å². The van der Waals surface area contributed by atoms with Crippen molar-refractivity contribution in [3.63, 3.8) is 0 Å². The SMILES string of the molecule is CC(C)CC(=O)Nc1ccc(SC2=C(Nc3ccccc3)C(=O)N(c3ccccc3)C2=O)cc1. The predicted molar refractivity (Wildman–Crippen MR) is 136 cm³/mol. The molecule has 0 aromatic heterocycles. The first kappa shape index (κ1) is 23.3. The van der Waals surface area contributed by atoms with Crippen LogP contribution in [0.15, 0.2) is 100 Å². The molecule has 0 radical (unpaired) electrons. The Labute approximate surface area is 203 Å². The summed E-state index contributed by atoms with van der Waals surface area (Å²) >= 11 is 1.22. The Morgan fingerprint density at radius 3 is 2.06 bits per heavy atom. The van der Waals surface area contributed by atoms with Gasteiger partial charge in [-0.05, 0) is 54.4 Å². The number of benzene rings is 3. The summed E-state index contributed by atoms with van der Waals surface area (Å²) in [6.45, 7) is 3.99. The van der Waals surface area contributed by atoms with Crippen molar-refractivity contribution < 1.29 is 14.4 Å². The first-order chi connectivity index (χ1) is 16.4. The quantitative estimate of drug-likeness (QED) is 0.415. The van der Waals surface area contributed by atoms with Gasteiger partial charge in [0.25, 0.3) is 11.8 Å². The molecule has 6 nitrogen and oxygen atoms in total. The third-order valence-electron chi connectivity index (χ3n) is 5.05. The largest absolute Gasteiger partial charge is 0.350 e.